The predicted octanol–water partition coefficient (Wildman–Crippen LogP) is 4.13. The van der Waals surface area contributed by atoms with Gasteiger partial charge in [0.1, 0.15) is 17.3 Å². The van der Waals surface area contributed by atoms with Gasteiger partial charge in [-0.1, -0.05) is 23.8 Å². The fourth-order valence-electron chi connectivity index (χ4n) is 3.03. The number of benzene rings is 2. The fourth-order valence-corrected chi connectivity index (χ4v) is 3.03. The first-order valence-electron chi connectivity index (χ1n) is 8.60. The summed E-state index contributed by atoms with van der Waals surface area (Å²) in [4.78, 5) is 25.1. The zero-order valence-electron chi connectivity index (χ0n) is 16.5. The van der Waals surface area contributed by atoms with E-state index in [4.69, 9.17) is 0 Å². The Morgan fingerprint density at radius 3 is 2.29 bits per heavy atom. The molecule has 2 aromatic carbocycles. The molecule has 2 rings (SSSR count). The Morgan fingerprint density at radius 2 is 1.79 bits per heavy atom. The minimum absolute atomic E-state index is 0.0957. The van der Waals surface area contributed by atoms with Crippen LogP contribution in [0.3, 0.4) is 0 Å². The number of anilines is 2. The monoisotopic (exact) mass is 378 g/mol. The summed E-state index contributed by atoms with van der Waals surface area (Å²) in [5, 5.41) is 23.5. The van der Waals surface area contributed by atoms with Crippen LogP contribution in [0.5, 0.6) is 0 Å². The lowest BCUT2D eigenvalue weighted by Gasteiger charge is -2.13. The fraction of sp³-hybridized carbons (Fsp3) is 0.238. The average Bonchev–Trinajstić information content (AvgIpc) is 2.62. The lowest BCUT2D eigenvalue weighted by atomic mass is 10.0. The highest BCUT2D eigenvalue weighted by molar-refractivity contribution is 6.10. The number of amides is 1. The van der Waals surface area contributed by atoms with Crippen molar-refractivity contribution in [3.05, 3.63) is 68.3 Å². The molecule has 0 aliphatic carbocycles. The maximum absolute atomic E-state index is 12.6. The highest BCUT2D eigenvalue weighted by Crippen LogP contribution is 2.29. The van der Waals surface area contributed by atoms with Gasteiger partial charge in [-0.2, -0.15) is 5.26 Å². The summed E-state index contributed by atoms with van der Waals surface area (Å²) in [5.74, 6) is -0.558. The van der Waals surface area contributed by atoms with Crippen LogP contribution in [-0.4, -0.2) is 24.9 Å². The maximum Gasteiger partial charge on any atom is 0.293 e. The quantitative estimate of drug-likeness (QED) is 0.365. The van der Waals surface area contributed by atoms with Gasteiger partial charge in [0.15, 0.2) is 0 Å². The molecule has 0 aromatic heterocycles. The third-order valence-electron chi connectivity index (χ3n) is 4.27. The van der Waals surface area contributed by atoms with Crippen LogP contribution in [0.4, 0.5) is 17.1 Å². The summed E-state index contributed by atoms with van der Waals surface area (Å²) in [6.07, 6.45) is 1.35. The van der Waals surface area contributed by atoms with E-state index in [1.165, 1.54) is 12.1 Å². The van der Waals surface area contributed by atoms with Gasteiger partial charge in [-0.15, -0.1) is 0 Å². The van der Waals surface area contributed by atoms with Crippen molar-refractivity contribution in [3.8, 4) is 6.07 Å². The topological polar surface area (TPSA) is 99.3 Å². The lowest BCUT2D eigenvalue weighted by Crippen LogP contribution is -2.15. The summed E-state index contributed by atoms with van der Waals surface area (Å²) in [5.41, 5.74) is 4.15. The molecule has 0 bridgehead atoms. The number of nitriles is 1. The molecule has 0 saturated carbocycles. The smallest absolute Gasteiger partial charge is 0.293 e. The van der Waals surface area contributed by atoms with Gasteiger partial charge in [0, 0.05) is 25.8 Å². The molecule has 7 nitrogen and oxygen atoms in total. The molecule has 0 atom stereocenters. The van der Waals surface area contributed by atoms with Gasteiger partial charge < -0.3 is 10.2 Å². The summed E-state index contributed by atoms with van der Waals surface area (Å²) in [7, 11) is 3.41. The van der Waals surface area contributed by atoms with Crippen LogP contribution in [0.1, 0.15) is 22.3 Å². The molecule has 0 unspecified atom stereocenters. The molecule has 0 aliphatic heterocycles. The number of nitrogens with one attached hydrogen (secondary N) is 1. The highest BCUT2D eigenvalue weighted by Gasteiger charge is 2.17. The Hall–Kier alpha value is -3.66. The molecule has 0 spiro atoms. The van der Waals surface area contributed by atoms with E-state index in [0.29, 0.717) is 16.9 Å². The molecule has 1 N–H and O–H groups in total. The molecule has 0 heterocycles. The molecule has 0 aliphatic rings. The number of carbonyl (C=O) groups is 1. The van der Waals surface area contributed by atoms with E-state index in [-0.39, 0.29) is 11.3 Å². The molecule has 144 valence electrons. The minimum atomic E-state index is -0.558. The largest absolute Gasteiger partial charge is 0.372 e. The number of nitro benzene ring substituents is 1. The standard InChI is InChI=1S/C21H22N4O3/c1-13-8-14(2)20(15(3)9-13)23-21(26)17(12-22)10-16-6-7-18(24(4)5)19(11-16)25(27)28/h6-11H,1-5H3,(H,23,26)/b17-10+. The zero-order valence-corrected chi connectivity index (χ0v) is 16.5. The SMILES string of the molecule is Cc1cc(C)c(NC(=O)/C(C#N)=C/c2ccc(N(C)C)c([N+](=O)[O-])c2)c(C)c1. The molecule has 0 fully saturated rings. The third kappa shape index (κ3) is 4.54. The second kappa shape index (κ2) is 8.35. The van der Waals surface area contributed by atoms with Crippen molar-refractivity contribution in [1.82, 2.24) is 0 Å². The third-order valence-corrected chi connectivity index (χ3v) is 4.27. The average molecular weight is 378 g/mol. The summed E-state index contributed by atoms with van der Waals surface area (Å²) in [6.45, 7) is 5.74. The van der Waals surface area contributed by atoms with E-state index in [2.05, 4.69) is 5.32 Å². The van der Waals surface area contributed by atoms with Crippen LogP contribution in [0.25, 0.3) is 6.08 Å². The number of nitrogens with zero attached hydrogens (tertiary/aromatic N) is 3. The van der Waals surface area contributed by atoms with E-state index < -0.39 is 10.8 Å². The Kier molecular flexibility index (Phi) is 6.16. The van der Waals surface area contributed by atoms with Crippen molar-refractivity contribution in [2.75, 3.05) is 24.3 Å². The van der Waals surface area contributed by atoms with Gasteiger partial charge >= 0.3 is 0 Å². The summed E-state index contributed by atoms with van der Waals surface area (Å²) >= 11 is 0. The van der Waals surface area contributed by atoms with E-state index in [1.54, 1.807) is 31.1 Å². The predicted molar refractivity (Wildman–Crippen MR) is 110 cm³/mol. The van der Waals surface area contributed by atoms with Crippen LogP contribution in [-0.2, 0) is 4.79 Å². The number of carbonyl (C=O) groups excluding carboxylic acids is 1. The van der Waals surface area contributed by atoms with Crippen molar-refractivity contribution in [1.29, 1.82) is 5.26 Å². The maximum atomic E-state index is 12.6. The highest BCUT2D eigenvalue weighted by atomic mass is 16.6. The van der Waals surface area contributed by atoms with Crippen LogP contribution < -0.4 is 10.2 Å². The van der Waals surface area contributed by atoms with Gasteiger partial charge in [-0.25, -0.2) is 0 Å². The Labute approximate surface area is 164 Å². The Balaban J connectivity index is 2.39. The van der Waals surface area contributed by atoms with E-state index in [9.17, 15) is 20.2 Å². The van der Waals surface area contributed by atoms with Crippen LogP contribution in [0.15, 0.2) is 35.9 Å². The molecule has 0 saturated heterocycles. The Morgan fingerprint density at radius 1 is 1.18 bits per heavy atom. The van der Waals surface area contributed by atoms with Crippen LogP contribution in [0, 0.1) is 42.2 Å². The van der Waals surface area contributed by atoms with Gasteiger partial charge in [-0.05, 0) is 49.6 Å². The first-order valence-corrected chi connectivity index (χ1v) is 8.60. The Bertz CT molecular complexity index is 994. The van der Waals surface area contributed by atoms with E-state index >= 15 is 0 Å². The van der Waals surface area contributed by atoms with Crippen molar-refractivity contribution in [2.24, 2.45) is 0 Å². The summed E-state index contributed by atoms with van der Waals surface area (Å²) in [6, 6.07) is 10.3. The molecule has 7 heteroatoms. The van der Waals surface area contributed by atoms with Gasteiger partial charge in [0.25, 0.3) is 11.6 Å². The molecular formula is C21H22N4O3. The number of hydrogen-bond acceptors (Lipinski definition) is 5. The summed E-state index contributed by atoms with van der Waals surface area (Å²) < 4.78 is 0. The second-order valence-electron chi connectivity index (χ2n) is 6.80. The van der Waals surface area contributed by atoms with E-state index in [1.807, 2.05) is 39.0 Å². The van der Waals surface area contributed by atoms with Crippen LogP contribution in [0.2, 0.25) is 0 Å². The number of aryl methyl sites for hydroxylation is 3. The lowest BCUT2D eigenvalue weighted by molar-refractivity contribution is -0.384. The number of rotatable bonds is 5. The molecular weight excluding hydrogens is 356 g/mol. The van der Waals surface area contributed by atoms with Gasteiger partial charge in [0.2, 0.25) is 0 Å². The number of hydrogen-bond donors (Lipinski definition) is 1. The minimum Gasteiger partial charge on any atom is -0.372 e. The second-order valence-corrected chi connectivity index (χ2v) is 6.80. The molecule has 2 aromatic rings. The first-order chi connectivity index (χ1) is 13.1. The van der Waals surface area contributed by atoms with Gasteiger partial charge in [-0.3, -0.25) is 14.9 Å². The molecule has 28 heavy (non-hydrogen) atoms. The van der Waals surface area contributed by atoms with Crippen molar-refractivity contribution in [2.45, 2.75) is 20.8 Å². The first kappa shape index (κ1) is 20.6. The zero-order chi connectivity index (χ0) is 21.0. The van der Waals surface area contributed by atoms with Gasteiger partial charge in [0.05, 0.1) is 4.92 Å². The van der Waals surface area contributed by atoms with Crippen LogP contribution >= 0.6 is 0 Å². The molecule has 0 radical (unpaired) electrons. The molecule has 1 amide bonds. The normalized spacial score (nSPS) is 10.9. The number of nitro groups is 1. The van der Waals surface area contributed by atoms with Crippen molar-refractivity contribution < 1.29 is 9.72 Å². The van der Waals surface area contributed by atoms with Crippen molar-refractivity contribution in [3.63, 3.8) is 0 Å². The van der Waals surface area contributed by atoms with E-state index in [0.717, 1.165) is 16.7 Å². The van der Waals surface area contributed by atoms with Crippen molar-refractivity contribution >= 4 is 29.0 Å².